The van der Waals surface area contributed by atoms with Crippen LogP contribution in [0.25, 0.3) is 0 Å². The summed E-state index contributed by atoms with van der Waals surface area (Å²) in [5.41, 5.74) is 1.92. The largest absolute Gasteiger partial charge is 0.291 e. The number of nitrogens with zero attached hydrogens (tertiary/aromatic N) is 3. The van der Waals surface area contributed by atoms with E-state index in [0.29, 0.717) is 17.2 Å². The Morgan fingerprint density at radius 2 is 2.20 bits per heavy atom. The number of hydrogen-bond acceptors (Lipinski definition) is 4. The standard InChI is InChI=1S/C8H10N6O/c1-4-6(5(2)13-12-4)7(15)11-8-9-3-10-14-8/h3H,1-2H3,(H,12,13)(H2,9,10,11,14,15). The zero-order valence-electron chi connectivity index (χ0n) is 8.33. The van der Waals surface area contributed by atoms with Crippen molar-refractivity contribution in [1.82, 2.24) is 25.4 Å². The summed E-state index contributed by atoms with van der Waals surface area (Å²) in [6.07, 6.45) is 1.32. The van der Waals surface area contributed by atoms with Gasteiger partial charge in [-0.1, -0.05) is 0 Å². The van der Waals surface area contributed by atoms with E-state index in [2.05, 4.69) is 30.7 Å². The first kappa shape index (κ1) is 9.38. The lowest BCUT2D eigenvalue weighted by Gasteiger charge is -2.00. The van der Waals surface area contributed by atoms with Gasteiger partial charge in [-0.2, -0.15) is 15.2 Å². The molecule has 0 aliphatic rings. The van der Waals surface area contributed by atoms with E-state index in [4.69, 9.17) is 0 Å². The molecule has 15 heavy (non-hydrogen) atoms. The second-order valence-corrected chi connectivity index (χ2v) is 3.10. The van der Waals surface area contributed by atoms with Gasteiger partial charge >= 0.3 is 0 Å². The van der Waals surface area contributed by atoms with E-state index < -0.39 is 0 Å². The van der Waals surface area contributed by atoms with Crippen LogP contribution in [0, 0.1) is 13.8 Å². The molecule has 0 aromatic carbocycles. The van der Waals surface area contributed by atoms with Crippen molar-refractivity contribution in [3.63, 3.8) is 0 Å². The van der Waals surface area contributed by atoms with Crippen LogP contribution in [-0.2, 0) is 0 Å². The van der Waals surface area contributed by atoms with Crippen LogP contribution in [0.4, 0.5) is 5.95 Å². The zero-order chi connectivity index (χ0) is 10.8. The van der Waals surface area contributed by atoms with Crippen molar-refractivity contribution >= 4 is 11.9 Å². The van der Waals surface area contributed by atoms with Gasteiger partial charge in [0.15, 0.2) is 0 Å². The highest BCUT2D eigenvalue weighted by Gasteiger charge is 2.15. The molecular formula is C8H10N6O. The number of nitrogens with one attached hydrogen (secondary N) is 3. The molecule has 0 bridgehead atoms. The van der Waals surface area contributed by atoms with Gasteiger partial charge in [0.1, 0.15) is 6.33 Å². The van der Waals surface area contributed by atoms with Crippen LogP contribution in [0.2, 0.25) is 0 Å². The quantitative estimate of drug-likeness (QED) is 0.662. The minimum absolute atomic E-state index is 0.254. The fraction of sp³-hybridized carbons (Fsp3) is 0.250. The Kier molecular flexibility index (Phi) is 2.20. The van der Waals surface area contributed by atoms with Gasteiger partial charge in [0.2, 0.25) is 5.95 Å². The summed E-state index contributed by atoms with van der Waals surface area (Å²) in [7, 11) is 0. The van der Waals surface area contributed by atoms with Gasteiger partial charge < -0.3 is 0 Å². The topological polar surface area (TPSA) is 99.3 Å². The molecule has 0 aliphatic carbocycles. The smallest absolute Gasteiger partial charge is 0.261 e. The van der Waals surface area contributed by atoms with Crippen molar-refractivity contribution in [2.24, 2.45) is 0 Å². The normalized spacial score (nSPS) is 10.3. The van der Waals surface area contributed by atoms with Crippen LogP contribution in [0.3, 0.4) is 0 Å². The third-order valence-electron chi connectivity index (χ3n) is 2.00. The van der Waals surface area contributed by atoms with Crippen molar-refractivity contribution in [3.8, 4) is 0 Å². The van der Waals surface area contributed by atoms with E-state index in [1.54, 1.807) is 13.8 Å². The van der Waals surface area contributed by atoms with Crippen LogP contribution in [-0.4, -0.2) is 31.3 Å². The van der Waals surface area contributed by atoms with E-state index >= 15 is 0 Å². The molecule has 2 aromatic rings. The lowest BCUT2D eigenvalue weighted by atomic mass is 10.2. The van der Waals surface area contributed by atoms with Crippen molar-refractivity contribution in [3.05, 3.63) is 23.3 Å². The van der Waals surface area contributed by atoms with Crippen molar-refractivity contribution < 1.29 is 4.79 Å². The lowest BCUT2D eigenvalue weighted by molar-refractivity contribution is 0.102. The van der Waals surface area contributed by atoms with Gasteiger partial charge in [-0.3, -0.25) is 15.2 Å². The number of carbonyl (C=O) groups is 1. The van der Waals surface area contributed by atoms with Crippen LogP contribution in [0.15, 0.2) is 6.33 Å². The van der Waals surface area contributed by atoms with Crippen molar-refractivity contribution in [2.45, 2.75) is 13.8 Å². The third kappa shape index (κ3) is 1.71. The van der Waals surface area contributed by atoms with Crippen LogP contribution in [0.1, 0.15) is 21.7 Å². The average Bonchev–Trinajstić information content (AvgIpc) is 2.77. The number of anilines is 1. The van der Waals surface area contributed by atoms with Gasteiger partial charge in [-0.05, 0) is 13.8 Å². The molecular weight excluding hydrogens is 196 g/mol. The predicted octanol–water partition coefficient (Wildman–Crippen LogP) is 0.397. The number of rotatable bonds is 2. The van der Waals surface area contributed by atoms with Crippen LogP contribution in [0.5, 0.6) is 0 Å². The number of H-pyrrole nitrogens is 2. The monoisotopic (exact) mass is 206 g/mol. The second-order valence-electron chi connectivity index (χ2n) is 3.10. The fourth-order valence-corrected chi connectivity index (χ4v) is 1.32. The molecule has 2 rings (SSSR count). The summed E-state index contributed by atoms with van der Waals surface area (Å²) in [6.45, 7) is 3.55. The highest BCUT2D eigenvalue weighted by Crippen LogP contribution is 2.10. The van der Waals surface area contributed by atoms with Gasteiger partial charge in [0, 0.05) is 5.69 Å². The summed E-state index contributed by atoms with van der Waals surface area (Å²) in [5, 5.41) is 15.4. The van der Waals surface area contributed by atoms with Crippen LogP contribution < -0.4 is 5.32 Å². The molecule has 3 N–H and O–H groups in total. The Bertz CT molecular complexity index is 452. The molecule has 0 radical (unpaired) electrons. The number of amides is 1. The Labute approximate surface area is 85.3 Å². The molecule has 0 aliphatic heterocycles. The van der Waals surface area contributed by atoms with Gasteiger partial charge in [-0.25, -0.2) is 5.10 Å². The van der Waals surface area contributed by atoms with E-state index in [1.165, 1.54) is 6.33 Å². The number of aromatic nitrogens is 5. The van der Waals surface area contributed by atoms with Crippen molar-refractivity contribution in [2.75, 3.05) is 5.32 Å². The predicted molar refractivity (Wildman–Crippen MR) is 52.4 cm³/mol. The molecule has 78 valence electrons. The number of aromatic amines is 2. The summed E-state index contributed by atoms with van der Waals surface area (Å²) >= 11 is 0. The molecule has 0 spiro atoms. The average molecular weight is 206 g/mol. The molecule has 1 amide bonds. The van der Waals surface area contributed by atoms with Crippen molar-refractivity contribution in [1.29, 1.82) is 0 Å². The molecule has 0 saturated carbocycles. The van der Waals surface area contributed by atoms with E-state index in [9.17, 15) is 4.79 Å². The summed E-state index contributed by atoms with van der Waals surface area (Å²) in [6, 6.07) is 0. The molecule has 0 fully saturated rings. The highest BCUT2D eigenvalue weighted by molar-refractivity contribution is 6.04. The molecule has 2 aromatic heterocycles. The SMILES string of the molecule is Cc1n[nH]c(C)c1C(=O)Nc1ncn[nH]1. The van der Waals surface area contributed by atoms with E-state index in [1.807, 2.05) is 0 Å². The summed E-state index contributed by atoms with van der Waals surface area (Å²) in [4.78, 5) is 15.6. The maximum absolute atomic E-state index is 11.8. The number of hydrogen-bond donors (Lipinski definition) is 3. The first-order valence-electron chi connectivity index (χ1n) is 4.36. The number of carbonyl (C=O) groups excluding carboxylic acids is 1. The summed E-state index contributed by atoms with van der Waals surface area (Å²) in [5.74, 6) is 0.0653. The molecule has 0 atom stereocenters. The second kappa shape index (κ2) is 3.52. The van der Waals surface area contributed by atoms with Crippen LogP contribution >= 0.6 is 0 Å². The van der Waals surface area contributed by atoms with E-state index in [0.717, 1.165) is 5.69 Å². The minimum Gasteiger partial charge on any atom is -0.291 e. The molecule has 0 unspecified atom stereocenters. The summed E-state index contributed by atoms with van der Waals surface area (Å²) < 4.78 is 0. The highest BCUT2D eigenvalue weighted by atomic mass is 16.1. The Hall–Kier alpha value is -2.18. The maximum atomic E-state index is 11.8. The Morgan fingerprint density at radius 1 is 1.40 bits per heavy atom. The van der Waals surface area contributed by atoms with E-state index in [-0.39, 0.29) is 5.91 Å². The first-order chi connectivity index (χ1) is 7.18. The van der Waals surface area contributed by atoms with Gasteiger partial charge in [0.25, 0.3) is 5.91 Å². The number of aryl methyl sites for hydroxylation is 2. The van der Waals surface area contributed by atoms with Gasteiger partial charge in [-0.15, -0.1) is 0 Å². The molecule has 2 heterocycles. The minimum atomic E-state index is -0.254. The molecule has 7 heteroatoms. The van der Waals surface area contributed by atoms with Gasteiger partial charge in [0.05, 0.1) is 11.3 Å². The molecule has 7 nitrogen and oxygen atoms in total. The zero-order valence-corrected chi connectivity index (χ0v) is 8.33. The lowest BCUT2D eigenvalue weighted by Crippen LogP contribution is -2.14. The maximum Gasteiger partial charge on any atom is 0.261 e. The first-order valence-corrected chi connectivity index (χ1v) is 4.36. The Balaban J connectivity index is 2.22. The molecule has 0 saturated heterocycles. The third-order valence-corrected chi connectivity index (χ3v) is 2.00. The fourth-order valence-electron chi connectivity index (χ4n) is 1.32. The Morgan fingerprint density at radius 3 is 2.73 bits per heavy atom.